The molecular weight excluding hydrogens is 376 g/mol. The van der Waals surface area contributed by atoms with Gasteiger partial charge >= 0.3 is 0 Å². The molecule has 2 fully saturated rings. The minimum atomic E-state index is -3.71. The zero-order valence-corrected chi connectivity index (χ0v) is 16.2. The second-order valence-corrected chi connectivity index (χ2v) is 9.35. The highest BCUT2D eigenvalue weighted by Gasteiger charge is 2.75. The minimum Gasteiger partial charge on any atom is -0.490 e. The topological polar surface area (TPSA) is 75.7 Å². The number of carbonyl (C=O) groups is 1. The fraction of sp³-hybridized carbons (Fsp3) is 0.286. The van der Waals surface area contributed by atoms with Crippen LogP contribution < -0.4 is 10.1 Å². The van der Waals surface area contributed by atoms with E-state index in [1.165, 1.54) is 4.31 Å². The molecule has 146 valence electrons. The number of rotatable bonds is 7. The first-order chi connectivity index (χ1) is 13.5. The van der Waals surface area contributed by atoms with Gasteiger partial charge in [-0.25, -0.2) is 8.42 Å². The fourth-order valence-corrected chi connectivity index (χ4v) is 6.12. The van der Waals surface area contributed by atoms with Crippen molar-refractivity contribution in [1.82, 2.24) is 4.31 Å². The average Bonchev–Trinajstić information content (AvgIpc) is 3.39. The van der Waals surface area contributed by atoms with Crippen LogP contribution in [0, 0.1) is 5.92 Å². The van der Waals surface area contributed by atoms with E-state index in [0.29, 0.717) is 37.6 Å². The van der Waals surface area contributed by atoms with Crippen molar-refractivity contribution in [2.45, 2.75) is 17.7 Å². The molecular formula is C21H22N2O4S. The van der Waals surface area contributed by atoms with E-state index in [2.05, 4.69) is 11.9 Å². The second-order valence-electron chi connectivity index (χ2n) is 7.15. The Morgan fingerprint density at radius 2 is 1.93 bits per heavy atom. The van der Waals surface area contributed by atoms with Gasteiger partial charge in [0.25, 0.3) is 0 Å². The molecule has 6 nitrogen and oxygen atoms in total. The molecule has 2 aromatic rings. The predicted molar refractivity (Wildman–Crippen MR) is 107 cm³/mol. The van der Waals surface area contributed by atoms with Crippen molar-refractivity contribution >= 4 is 21.6 Å². The smallest absolute Gasteiger partial charge is 0.247 e. The summed E-state index contributed by atoms with van der Waals surface area (Å²) in [6.07, 6.45) is 2.03. The van der Waals surface area contributed by atoms with Gasteiger partial charge in [0.05, 0.1) is 0 Å². The van der Waals surface area contributed by atoms with Crippen LogP contribution in [0.3, 0.4) is 0 Å². The Balaban J connectivity index is 1.47. The number of amides is 1. The molecule has 0 unspecified atom stereocenters. The number of benzene rings is 2. The third kappa shape index (κ3) is 3.10. The van der Waals surface area contributed by atoms with Gasteiger partial charge in [0.2, 0.25) is 15.9 Å². The van der Waals surface area contributed by atoms with Gasteiger partial charge in [0.1, 0.15) is 12.4 Å². The van der Waals surface area contributed by atoms with Gasteiger partial charge in [0, 0.05) is 24.7 Å². The van der Waals surface area contributed by atoms with E-state index in [1.54, 1.807) is 30.3 Å². The van der Waals surface area contributed by atoms with E-state index in [9.17, 15) is 13.2 Å². The molecule has 1 saturated heterocycles. The molecule has 1 aliphatic heterocycles. The lowest BCUT2D eigenvalue weighted by Gasteiger charge is -2.21. The van der Waals surface area contributed by atoms with E-state index in [1.807, 2.05) is 30.3 Å². The summed E-state index contributed by atoms with van der Waals surface area (Å²) in [6, 6.07) is 16.3. The molecule has 0 spiro atoms. The number of hydrogen-bond donors (Lipinski definition) is 1. The van der Waals surface area contributed by atoms with Gasteiger partial charge in [0.15, 0.2) is 4.75 Å². The third-order valence-electron chi connectivity index (χ3n) is 5.34. The minimum absolute atomic E-state index is 0.156. The Morgan fingerprint density at radius 3 is 2.61 bits per heavy atom. The molecule has 7 heteroatoms. The van der Waals surface area contributed by atoms with Crippen LogP contribution in [0.15, 0.2) is 67.3 Å². The van der Waals surface area contributed by atoms with Gasteiger partial charge in [-0.05, 0) is 36.2 Å². The molecule has 28 heavy (non-hydrogen) atoms. The molecule has 4 rings (SSSR count). The lowest BCUT2D eigenvalue weighted by Crippen LogP contribution is -2.41. The highest BCUT2D eigenvalue weighted by molar-refractivity contribution is 7.92. The molecule has 2 aromatic carbocycles. The van der Waals surface area contributed by atoms with Crippen LogP contribution in [0.1, 0.15) is 12.0 Å². The maximum Gasteiger partial charge on any atom is 0.247 e. The van der Waals surface area contributed by atoms with Gasteiger partial charge < -0.3 is 10.1 Å². The standard InChI is InChI=1S/C21H22N2O4S/c1-2-12-27-19-10-8-18(9-11-19)22-20(24)21-13-17(21)15-23(28(21,25)26)14-16-6-4-3-5-7-16/h2-11,17H,1,12-15H2,(H,22,24)/t17-,21+/m1/s1. The molecule has 1 amide bonds. The Kier molecular flexibility index (Phi) is 4.72. The number of ether oxygens (including phenoxy) is 1. The zero-order valence-electron chi connectivity index (χ0n) is 15.4. The second kappa shape index (κ2) is 7.07. The van der Waals surface area contributed by atoms with Crippen molar-refractivity contribution < 1.29 is 17.9 Å². The van der Waals surface area contributed by atoms with E-state index in [-0.39, 0.29) is 5.92 Å². The summed E-state index contributed by atoms with van der Waals surface area (Å²) in [6.45, 7) is 4.67. The van der Waals surface area contributed by atoms with Crippen molar-refractivity contribution in [1.29, 1.82) is 0 Å². The molecule has 1 N–H and O–H groups in total. The van der Waals surface area contributed by atoms with Crippen molar-refractivity contribution in [3.05, 3.63) is 72.8 Å². The summed E-state index contributed by atoms with van der Waals surface area (Å²) in [5.74, 6) is 0.0483. The summed E-state index contributed by atoms with van der Waals surface area (Å²) in [7, 11) is -3.71. The number of fused-ring (bicyclic) bond motifs is 1. The first-order valence-electron chi connectivity index (χ1n) is 9.16. The number of sulfonamides is 1. The number of carbonyl (C=O) groups excluding carboxylic acids is 1. The van der Waals surface area contributed by atoms with Crippen molar-refractivity contribution in [3.8, 4) is 5.75 Å². The number of hydrogen-bond acceptors (Lipinski definition) is 4. The lowest BCUT2D eigenvalue weighted by atomic mass is 10.2. The Morgan fingerprint density at radius 1 is 1.21 bits per heavy atom. The highest BCUT2D eigenvalue weighted by atomic mass is 32.2. The van der Waals surface area contributed by atoms with E-state index < -0.39 is 20.7 Å². The summed E-state index contributed by atoms with van der Waals surface area (Å²) < 4.78 is 31.7. The third-order valence-corrected chi connectivity index (χ3v) is 7.90. The first kappa shape index (κ1) is 18.7. The Bertz CT molecular complexity index is 989. The SMILES string of the molecule is C=CCOc1ccc(NC(=O)[C@]23C[C@@H]2CN(Cc2ccccc2)S3(=O)=O)cc1. The Labute approximate surface area is 164 Å². The quantitative estimate of drug-likeness (QED) is 0.728. The van der Waals surface area contributed by atoms with E-state index in [4.69, 9.17) is 4.74 Å². The van der Waals surface area contributed by atoms with Gasteiger partial charge in [-0.15, -0.1) is 0 Å². The largest absolute Gasteiger partial charge is 0.490 e. The van der Waals surface area contributed by atoms with Gasteiger partial charge in [-0.3, -0.25) is 4.79 Å². The van der Waals surface area contributed by atoms with E-state index in [0.717, 1.165) is 5.56 Å². The molecule has 0 radical (unpaired) electrons. The number of nitrogens with zero attached hydrogens (tertiary/aromatic N) is 1. The monoisotopic (exact) mass is 398 g/mol. The summed E-state index contributed by atoms with van der Waals surface area (Å²) >= 11 is 0. The fourth-order valence-electron chi connectivity index (χ4n) is 3.77. The number of anilines is 1. The highest BCUT2D eigenvalue weighted by Crippen LogP contribution is 2.58. The van der Waals surface area contributed by atoms with Crippen LogP contribution in [0.25, 0.3) is 0 Å². The normalized spacial score (nSPS) is 24.9. The van der Waals surface area contributed by atoms with Crippen LogP contribution in [0.5, 0.6) is 5.75 Å². The average molecular weight is 398 g/mol. The Hall–Kier alpha value is -2.64. The first-order valence-corrected chi connectivity index (χ1v) is 10.6. The van der Waals surface area contributed by atoms with Crippen molar-refractivity contribution in [3.63, 3.8) is 0 Å². The summed E-state index contributed by atoms with van der Waals surface area (Å²) in [4.78, 5) is 12.9. The molecule has 0 aromatic heterocycles. The maximum atomic E-state index is 13.1. The van der Waals surface area contributed by atoms with Crippen LogP contribution in [-0.4, -0.2) is 36.5 Å². The molecule has 2 aliphatic rings. The predicted octanol–water partition coefficient (Wildman–Crippen LogP) is 2.79. The van der Waals surface area contributed by atoms with Crippen LogP contribution in [0.4, 0.5) is 5.69 Å². The molecule has 0 bridgehead atoms. The summed E-state index contributed by atoms with van der Waals surface area (Å²) in [5.41, 5.74) is 1.46. The molecule has 2 atom stereocenters. The number of nitrogens with one attached hydrogen (secondary N) is 1. The van der Waals surface area contributed by atoms with Crippen molar-refractivity contribution in [2.24, 2.45) is 5.92 Å². The molecule has 1 heterocycles. The molecule has 1 saturated carbocycles. The zero-order chi connectivity index (χ0) is 19.8. The maximum absolute atomic E-state index is 13.1. The van der Waals surface area contributed by atoms with E-state index >= 15 is 0 Å². The van der Waals surface area contributed by atoms with Crippen LogP contribution in [0.2, 0.25) is 0 Å². The summed E-state index contributed by atoms with van der Waals surface area (Å²) in [5, 5.41) is 2.77. The lowest BCUT2D eigenvalue weighted by molar-refractivity contribution is -0.116. The van der Waals surface area contributed by atoms with Gasteiger partial charge in [-0.2, -0.15) is 4.31 Å². The van der Waals surface area contributed by atoms with Crippen LogP contribution in [-0.2, 0) is 21.4 Å². The molecule has 1 aliphatic carbocycles. The van der Waals surface area contributed by atoms with Gasteiger partial charge in [-0.1, -0.05) is 43.0 Å². The van der Waals surface area contributed by atoms with Crippen LogP contribution >= 0.6 is 0 Å². The van der Waals surface area contributed by atoms with Crippen molar-refractivity contribution in [2.75, 3.05) is 18.5 Å².